The molecular weight excluding hydrogens is 298 g/mol. The van der Waals surface area contributed by atoms with E-state index in [0.29, 0.717) is 25.3 Å². The number of hydrogen-bond acceptors (Lipinski definition) is 5. The average Bonchev–Trinajstić information content (AvgIpc) is 3.05. The van der Waals surface area contributed by atoms with E-state index in [-0.39, 0.29) is 24.8 Å². The standard InChI is InChI=1S/C17H21NO5/c1-21-13-3-5-14(6-4-13)22-12-16(20)18-9-8-17(15(19)11-18)7-2-10-23-17/h3-6H,2,7-12H2,1H3/t17-/m0/s1. The molecule has 2 aliphatic heterocycles. The van der Waals surface area contributed by atoms with E-state index in [1.54, 1.807) is 36.3 Å². The minimum Gasteiger partial charge on any atom is -0.497 e. The summed E-state index contributed by atoms with van der Waals surface area (Å²) < 4.78 is 16.2. The van der Waals surface area contributed by atoms with Crippen LogP contribution in [-0.4, -0.2) is 55.6 Å². The molecule has 1 spiro atoms. The number of ketones is 1. The summed E-state index contributed by atoms with van der Waals surface area (Å²) in [4.78, 5) is 26.1. The molecule has 0 N–H and O–H groups in total. The van der Waals surface area contributed by atoms with Gasteiger partial charge in [-0.2, -0.15) is 0 Å². The topological polar surface area (TPSA) is 65.1 Å². The molecule has 2 fully saturated rings. The van der Waals surface area contributed by atoms with Gasteiger partial charge in [-0.1, -0.05) is 0 Å². The van der Waals surface area contributed by atoms with Gasteiger partial charge in [-0.05, 0) is 37.1 Å². The highest BCUT2D eigenvalue weighted by atomic mass is 16.5. The van der Waals surface area contributed by atoms with E-state index in [4.69, 9.17) is 14.2 Å². The van der Waals surface area contributed by atoms with Crippen molar-refractivity contribution in [3.8, 4) is 11.5 Å². The van der Waals surface area contributed by atoms with Crippen LogP contribution in [0.3, 0.4) is 0 Å². The number of benzene rings is 1. The Labute approximate surface area is 135 Å². The molecule has 0 bridgehead atoms. The molecule has 2 heterocycles. The molecule has 3 rings (SSSR count). The molecule has 0 unspecified atom stereocenters. The first-order valence-corrected chi connectivity index (χ1v) is 7.85. The predicted molar refractivity (Wildman–Crippen MR) is 82.6 cm³/mol. The Bertz CT molecular complexity index is 577. The first-order valence-electron chi connectivity index (χ1n) is 7.85. The highest BCUT2D eigenvalue weighted by Gasteiger charge is 2.46. The molecule has 1 aromatic carbocycles. The maximum atomic E-state index is 12.3. The van der Waals surface area contributed by atoms with Crippen LogP contribution in [0.1, 0.15) is 19.3 Å². The number of hydrogen-bond donors (Lipinski definition) is 0. The number of piperidine rings is 1. The van der Waals surface area contributed by atoms with Crippen molar-refractivity contribution < 1.29 is 23.8 Å². The summed E-state index contributed by atoms with van der Waals surface area (Å²) in [5, 5.41) is 0. The summed E-state index contributed by atoms with van der Waals surface area (Å²) >= 11 is 0. The van der Waals surface area contributed by atoms with Crippen LogP contribution in [0.15, 0.2) is 24.3 Å². The quantitative estimate of drug-likeness (QED) is 0.840. The highest BCUT2D eigenvalue weighted by Crippen LogP contribution is 2.33. The van der Waals surface area contributed by atoms with Crippen molar-refractivity contribution in [2.75, 3.05) is 33.4 Å². The van der Waals surface area contributed by atoms with Crippen molar-refractivity contribution in [2.45, 2.75) is 24.9 Å². The van der Waals surface area contributed by atoms with E-state index in [0.717, 1.165) is 18.6 Å². The molecule has 1 amide bonds. The van der Waals surface area contributed by atoms with Crippen LogP contribution in [-0.2, 0) is 14.3 Å². The molecule has 124 valence electrons. The van der Waals surface area contributed by atoms with Gasteiger partial charge in [0.15, 0.2) is 12.4 Å². The smallest absolute Gasteiger partial charge is 0.260 e. The van der Waals surface area contributed by atoms with Gasteiger partial charge in [0.2, 0.25) is 0 Å². The van der Waals surface area contributed by atoms with Crippen LogP contribution in [0.25, 0.3) is 0 Å². The number of carbonyl (C=O) groups is 2. The van der Waals surface area contributed by atoms with E-state index < -0.39 is 5.60 Å². The first kappa shape index (κ1) is 15.8. The van der Waals surface area contributed by atoms with E-state index in [1.165, 1.54) is 0 Å². The molecule has 2 aliphatic rings. The van der Waals surface area contributed by atoms with Crippen LogP contribution in [0.5, 0.6) is 11.5 Å². The summed E-state index contributed by atoms with van der Waals surface area (Å²) in [6, 6.07) is 7.03. The fourth-order valence-corrected chi connectivity index (χ4v) is 3.09. The molecule has 0 radical (unpaired) electrons. The van der Waals surface area contributed by atoms with Gasteiger partial charge >= 0.3 is 0 Å². The molecule has 1 atom stereocenters. The Morgan fingerprint density at radius 2 is 2.00 bits per heavy atom. The summed E-state index contributed by atoms with van der Waals surface area (Å²) in [6.07, 6.45) is 2.27. The van der Waals surface area contributed by atoms with Gasteiger partial charge in [0.05, 0.1) is 13.7 Å². The molecule has 0 aliphatic carbocycles. The van der Waals surface area contributed by atoms with Crippen molar-refractivity contribution in [2.24, 2.45) is 0 Å². The summed E-state index contributed by atoms with van der Waals surface area (Å²) in [7, 11) is 1.59. The normalized spacial score (nSPS) is 24.0. The Kier molecular flexibility index (Phi) is 4.52. The summed E-state index contributed by atoms with van der Waals surface area (Å²) in [5.74, 6) is 1.16. The SMILES string of the molecule is COc1ccc(OCC(=O)N2CC[C@@]3(CCCO3)C(=O)C2)cc1. The molecule has 23 heavy (non-hydrogen) atoms. The van der Waals surface area contributed by atoms with Crippen molar-refractivity contribution in [1.82, 2.24) is 4.90 Å². The minimum absolute atomic E-state index is 0.0130. The van der Waals surface area contributed by atoms with Gasteiger partial charge in [-0.3, -0.25) is 9.59 Å². The third kappa shape index (κ3) is 3.32. The molecule has 0 saturated carbocycles. The maximum Gasteiger partial charge on any atom is 0.260 e. The third-order valence-corrected chi connectivity index (χ3v) is 4.51. The molecule has 6 heteroatoms. The van der Waals surface area contributed by atoms with Crippen LogP contribution in [0, 0.1) is 0 Å². The van der Waals surface area contributed by atoms with Crippen LogP contribution in [0.4, 0.5) is 0 Å². The summed E-state index contributed by atoms with van der Waals surface area (Å²) in [6.45, 7) is 1.22. The van der Waals surface area contributed by atoms with Gasteiger partial charge in [0.1, 0.15) is 17.1 Å². The van der Waals surface area contributed by atoms with Crippen molar-refractivity contribution >= 4 is 11.7 Å². The predicted octanol–water partition coefficient (Wildman–Crippen LogP) is 1.42. The fraction of sp³-hybridized carbons (Fsp3) is 0.529. The first-order chi connectivity index (χ1) is 11.1. The highest BCUT2D eigenvalue weighted by molar-refractivity contribution is 5.93. The zero-order chi connectivity index (χ0) is 16.3. The van der Waals surface area contributed by atoms with Crippen LogP contribution < -0.4 is 9.47 Å². The monoisotopic (exact) mass is 319 g/mol. The molecule has 2 saturated heterocycles. The van der Waals surface area contributed by atoms with Gasteiger partial charge in [0, 0.05) is 19.6 Å². The van der Waals surface area contributed by atoms with E-state index in [2.05, 4.69) is 0 Å². The lowest BCUT2D eigenvalue weighted by molar-refractivity contribution is -0.153. The number of Topliss-reactive ketones (excluding diaryl/α,β-unsaturated/α-hetero) is 1. The fourth-order valence-electron chi connectivity index (χ4n) is 3.09. The average molecular weight is 319 g/mol. The lowest BCUT2D eigenvalue weighted by atomic mass is 9.87. The molecule has 1 aromatic rings. The second kappa shape index (κ2) is 6.58. The van der Waals surface area contributed by atoms with E-state index in [1.807, 2.05) is 0 Å². The van der Waals surface area contributed by atoms with Crippen molar-refractivity contribution in [3.05, 3.63) is 24.3 Å². The Morgan fingerprint density at radius 1 is 1.26 bits per heavy atom. The van der Waals surface area contributed by atoms with Crippen molar-refractivity contribution in [1.29, 1.82) is 0 Å². The number of carbonyl (C=O) groups excluding carboxylic acids is 2. The van der Waals surface area contributed by atoms with Gasteiger partial charge < -0.3 is 19.1 Å². The Balaban J connectivity index is 1.51. The van der Waals surface area contributed by atoms with Gasteiger partial charge in [0.25, 0.3) is 5.91 Å². The molecule has 0 aromatic heterocycles. The van der Waals surface area contributed by atoms with Crippen LogP contribution >= 0.6 is 0 Å². The van der Waals surface area contributed by atoms with E-state index >= 15 is 0 Å². The Morgan fingerprint density at radius 3 is 2.61 bits per heavy atom. The molecule has 6 nitrogen and oxygen atoms in total. The number of amides is 1. The zero-order valence-electron chi connectivity index (χ0n) is 13.2. The second-order valence-electron chi connectivity index (χ2n) is 5.90. The summed E-state index contributed by atoms with van der Waals surface area (Å²) in [5.41, 5.74) is -0.631. The number of likely N-dealkylation sites (tertiary alicyclic amines) is 1. The lowest BCUT2D eigenvalue weighted by Crippen LogP contribution is -2.54. The van der Waals surface area contributed by atoms with E-state index in [9.17, 15) is 9.59 Å². The van der Waals surface area contributed by atoms with Crippen molar-refractivity contribution in [3.63, 3.8) is 0 Å². The second-order valence-corrected chi connectivity index (χ2v) is 5.90. The number of nitrogens with zero attached hydrogens (tertiary/aromatic N) is 1. The third-order valence-electron chi connectivity index (χ3n) is 4.51. The van der Waals surface area contributed by atoms with Crippen LogP contribution in [0.2, 0.25) is 0 Å². The van der Waals surface area contributed by atoms with Gasteiger partial charge in [-0.25, -0.2) is 0 Å². The molecular formula is C17H21NO5. The maximum absolute atomic E-state index is 12.3. The Hall–Kier alpha value is -2.08. The largest absolute Gasteiger partial charge is 0.497 e. The lowest BCUT2D eigenvalue weighted by Gasteiger charge is -2.37. The minimum atomic E-state index is -0.631. The number of ether oxygens (including phenoxy) is 3. The number of rotatable bonds is 4. The number of methoxy groups -OCH3 is 1. The zero-order valence-corrected chi connectivity index (χ0v) is 13.2. The van der Waals surface area contributed by atoms with Gasteiger partial charge in [-0.15, -0.1) is 0 Å².